The minimum Gasteiger partial charge on any atom is -0.389 e. The molecule has 0 fully saturated rings. The summed E-state index contributed by atoms with van der Waals surface area (Å²) in [4.78, 5) is 8.92. The summed E-state index contributed by atoms with van der Waals surface area (Å²) < 4.78 is 12.8. The van der Waals surface area contributed by atoms with Gasteiger partial charge in [-0.2, -0.15) is 0 Å². The average molecular weight is 236 g/mol. The average Bonchev–Trinajstić information content (AvgIpc) is 2.78. The zero-order valence-corrected chi connectivity index (χ0v) is 9.12. The van der Waals surface area contributed by atoms with Crippen LogP contribution in [0.15, 0.2) is 35.7 Å². The van der Waals surface area contributed by atoms with Crippen molar-refractivity contribution in [3.05, 3.63) is 40.6 Å². The Labute approximate surface area is 95.9 Å². The van der Waals surface area contributed by atoms with Crippen molar-refractivity contribution in [2.45, 2.75) is 0 Å². The number of hydrogen-bond donors (Lipinski definition) is 1. The number of nitrogens with zero attached hydrogens (tertiary/aromatic N) is 2. The Bertz CT molecular complexity index is 496. The van der Waals surface area contributed by atoms with E-state index in [2.05, 4.69) is 9.97 Å². The van der Waals surface area contributed by atoms with Crippen LogP contribution in [0.2, 0.25) is 0 Å². The largest absolute Gasteiger partial charge is 0.389 e. The lowest BCUT2D eigenvalue weighted by Crippen LogP contribution is -1.83. The number of aliphatic hydroxyl groups is 1. The smallest absolute Gasteiger partial charge is 0.159 e. The zero-order chi connectivity index (χ0) is 11.4. The van der Waals surface area contributed by atoms with Gasteiger partial charge in [0.05, 0.1) is 6.61 Å². The van der Waals surface area contributed by atoms with Gasteiger partial charge < -0.3 is 5.11 Å². The summed E-state index contributed by atoms with van der Waals surface area (Å²) in [7, 11) is 0. The Morgan fingerprint density at radius 3 is 2.88 bits per heavy atom. The predicted octanol–water partition coefficient (Wildman–Crippen LogP) is 2.51. The zero-order valence-electron chi connectivity index (χ0n) is 8.30. The van der Waals surface area contributed by atoms with Crippen LogP contribution in [0.4, 0.5) is 4.39 Å². The molecule has 5 heteroatoms. The maximum absolute atomic E-state index is 12.8. The molecule has 16 heavy (non-hydrogen) atoms. The molecule has 0 aromatic carbocycles. The van der Waals surface area contributed by atoms with E-state index in [0.717, 1.165) is 10.4 Å². The molecule has 0 saturated carbocycles. The molecule has 82 valence electrons. The lowest BCUT2D eigenvalue weighted by atomic mass is 10.3. The second-order valence-corrected chi connectivity index (χ2v) is 4.00. The van der Waals surface area contributed by atoms with Gasteiger partial charge in [0.2, 0.25) is 0 Å². The standard InChI is InChI=1S/C11H9FN2OS/c12-9(6-15)5-10-4-8(7-16-10)11-13-2-1-3-14-11/h1-5,7,15H,6H2/b9-5+. The summed E-state index contributed by atoms with van der Waals surface area (Å²) in [5, 5.41) is 10.4. The van der Waals surface area contributed by atoms with Crippen molar-refractivity contribution < 1.29 is 9.50 Å². The molecule has 0 aliphatic rings. The van der Waals surface area contributed by atoms with Crippen LogP contribution in [-0.2, 0) is 0 Å². The number of rotatable bonds is 3. The SMILES string of the molecule is OC/C(F)=C\c1cc(-c2ncccn2)cs1. The van der Waals surface area contributed by atoms with E-state index in [1.54, 1.807) is 24.5 Å². The molecule has 0 spiro atoms. The fourth-order valence-corrected chi connectivity index (χ4v) is 2.02. The molecule has 0 aliphatic carbocycles. The van der Waals surface area contributed by atoms with Gasteiger partial charge in [-0.05, 0) is 18.2 Å². The fraction of sp³-hybridized carbons (Fsp3) is 0.0909. The van der Waals surface area contributed by atoms with Crippen molar-refractivity contribution in [2.75, 3.05) is 6.61 Å². The Morgan fingerprint density at radius 1 is 1.44 bits per heavy atom. The lowest BCUT2D eigenvalue weighted by molar-refractivity contribution is 0.300. The van der Waals surface area contributed by atoms with Crippen molar-refractivity contribution in [3.63, 3.8) is 0 Å². The highest BCUT2D eigenvalue weighted by Crippen LogP contribution is 2.24. The summed E-state index contributed by atoms with van der Waals surface area (Å²) in [6.07, 6.45) is 4.62. The second kappa shape index (κ2) is 4.96. The Morgan fingerprint density at radius 2 is 2.19 bits per heavy atom. The van der Waals surface area contributed by atoms with Crippen LogP contribution in [-0.4, -0.2) is 21.7 Å². The van der Waals surface area contributed by atoms with Crippen LogP contribution in [0.25, 0.3) is 17.5 Å². The molecule has 2 rings (SSSR count). The Hall–Kier alpha value is -1.59. The minimum absolute atomic E-state index is 0.553. The number of thiophene rings is 1. The van der Waals surface area contributed by atoms with Gasteiger partial charge in [-0.3, -0.25) is 0 Å². The van der Waals surface area contributed by atoms with Crippen molar-refractivity contribution in [1.82, 2.24) is 9.97 Å². The number of hydrogen-bond acceptors (Lipinski definition) is 4. The molecule has 0 amide bonds. The molecule has 1 N–H and O–H groups in total. The third-order valence-electron chi connectivity index (χ3n) is 1.89. The van der Waals surface area contributed by atoms with Crippen LogP contribution in [0.1, 0.15) is 4.88 Å². The third-order valence-corrected chi connectivity index (χ3v) is 2.77. The van der Waals surface area contributed by atoms with Crippen LogP contribution >= 0.6 is 11.3 Å². The van der Waals surface area contributed by atoms with Crippen molar-refractivity contribution in [3.8, 4) is 11.4 Å². The fourth-order valence-electron chi connectivity index (χ4n) is 1.19. The summed E-state index contributed by atoms with van der Waals surface area (Å²) in [5.74, 6) is 0.0604. The van der Waals surface area contributed by atoms with Gasteiger partial charge in [0.1, 0.15) is 5.83 Å². The first-order valence-electron chi connectivity index (χ1n) is 4.62. The molecular weight excluding hydrogens is 227 g/mol. The summed E-state index contributed by atoms with van der Waals surface area (Å²) in [6, 6.07) is 3.53. The molecule has 0 saturated heterocycles. The van der Waals surface area contributed by atoms with Crippen LogP contribution < -0.4 is 0 Å². The quantitative estimate of drug-likeness (QED) is 0.890. The van der Waals surface area contributed by atoms with E-state index in [1.807, 2.05) is 5.38 Å². The summed E-state index contributed by atoms with van der Waals surface area (Å²) in [6.45, 7) is -0.574. The molecule has 0 aliphatic heterocycles. The number of aromatic nitrogens is 2. The predicted molar refractivity (Wildman–Crippen MR) is 61.5 cm³/mol. The van der Waals surface area contributed by atoms with Gasteiger partial charge >= 0.3 is 0 Å². The summed E-state index contributed by atoms with van der Waals surface area (Å²) in [5.41, 5.74) is 0.850. The van der Waals surface area contributed by atoms with Crippen LogP contribution in [0.5, 0.6) is 0 Å². The first-order chi connectivity index (χ1) is 7.79. The first kappa shape index (κ1) is 10.9. The first-order valence-corrected chi connectivity index (χ1v) is 5.50. The van der Waals surface area contributed by atoms with E-state index < -0.39 is 12.4 Å². The van der Waals surface area contributed by atoms with Crippen molar-refractivity contribution in [2.24, 2.45) is 0 Å². The highest BCUT2D eigenvalue weighted by molar-refractivity contribution is 7.11. The maximum Gasteiger partial charge on any atom is 0.159 e. The van der Waals surface area contributed by atoms with Crippen LogP contribution in [0.3, 0.4) is 0 Å². The lowest BCUT2D eigenvalue weighted by Gasteiger charge is -1.92. The third kappa shape index (κ3) is 2.50. The molecule has 0 radical (unpaired) electrons. The normalized spacial score (nSPS) is 11.8. The van der Waals surface area contributed by atoms with Gasteiger partial charge in [0.25, 0.3) is 0 Å². The highest BCUT2D eigenvalue weighted by Gasteiger charge is 2.03. The molecular formula is C11H9FN2OS. The van der Waals surface area contributed by atoms with E-state index in [0.29, 0.717) is 5.82 Å². The van der Waals surface area contributed by atoms with Crippen LogP contribution in [0, 0.1) is 0 Å². The second-order valence-electron chi connectivity index (χ2n) is 3.06. The topological polar surface area (TPSA) is 46.0 Å². The number of halogens is 1. The molecule has 0 atom stereocenters. The summed E-state index contributed by atoms with van der Waals surface area (Å²) >= 11 is 1.38. The van der Waals surface area contributed by atoms with E-state index in [1.165, 1.54) is 17.4 Å². The van der Waals surface area contributed by atoms with E-state index in [4.69, 9.17) is 5.11 Å². The molecule has 2 aromatic heterocycles. The monoisotopic (exact) mass is 236 g/mol. The van der Waals surface area contributed by atoms with Gasteiger partial charge in [0, 0.05) is 28.2 Å². The van der Waals surface area contributed by atoms with Gasteiger partial charge in [-0.25, -0.2) is 14.4 Å². The maximum atomic E-state index is 12.8. The van der Waals surface area contributed by atoms with E-state index >= 15 is 0 Å². The van der Waals surface area contributed by atoms with Crippen molar-refractivity contribution >= 4 is 17.4 Å². The van der Waals surface area contributed by atoms with Crippen molar-refractivity contribution in [1.29, 1.82) is 0 Å². The van der Waals surface area contributed by atoms with Gasteiger partial charge in [-0.1, -0.05) is 0 Å². The van der Waals surface area contributed by atoms with E-state index in [-0.39, 0.29) is 0 Å². The molecule has 2 aromatic rings. The van der Waals surface area contributed by atoms with E-state index in [9.17, 15) is 4.39 Å². The Balaban J connectivity index is 2.27. The molecule has 0 unspecified atom stereocenters. The minimum atomic E-state index is -0.574. The molecule has 3 nitrogen and oxygen atoms in total. The molecule has 2 heterocycles. The van der Waals surface area contributed by atoms with Gasteiger partial charge in [-0.15, -0.1) is 11.3 Å². The Kier molecular flexibility index (Phi) is 3.38. The highest BCUT2D eigenvalue weighted by atomic mass is 32.1. The molecule has 0 bridgehead atoms. The van der Waals surface area contributed by atoms with Gasteiger partial charge in [0.15, 0.2) is 5.82 Å². The number of aliphatic hydroxyl groups excluding tert-OH is 1.